The van der Waals surface area contributed by atoms with Crippen molar-refractivity contribution in [3.8, 4) is 0 Å². The van der Waals surface area contributed by atoms with Crippen LogP contribution in [0.4, 0.5) is 5.00 Å². The van der Waals surface area contributed by atoms with Gasteiger partial charge in [-0.25, -0.2) is 4.98 Å². The molecule has 5 nitrogen and oxygen atoms in total. The summed E-state index contributed by atoms with van der Waals surface area (Å²) in [6.07, 6.45) is 1.00. The van der Waals surface area contributed by atoms with Crippen molar-refractivity contribution in [3.05, 3.63) is 11.2 Å². The molecule has 0 saturated carbocycles. The molecule has 1 atom stereocenters. The number of amides is 2. The van der Waals surface area contributed by atoms with Crippen LogP contribution in [-0.2, 0) is 9.59 Å². The average Bonchev–Trinajstić information content (AvgIpc) is 2.77. The summed E-state index contributed by atoms with van der Waals surface area (Å²) in [4.78, 5) is 26.6. The highest BCUT2D eigenvalue weighted by Gasteiger charge is 2.27. The molecule has 0 radical (unpaired) electrons. The van der Waals surface area contributed by atoms with Crippen molar-refractivity contribution in [2.24, 2.45) is 0 Å². The van der Waals surface area contributed by atoms with Gasteiger partial charge in [-0.2, -0.15) is 0 Å². The van der Waals surface area contributed by atoms with Crippen LogP contribution in [0.25, 0.3) is 0 Å². The summed E-state index contributed by atoms with van der Waals surface area (Å²) >= 11 is 1.38. The van der Waals surface area contributed by atoms with Crippen molar-refractivity contribution in [3.63, 3.8) is 0 Å². The summed E-state index contributed by atoms with van der Waals surface area (Å²) in [7, 11) is 0. The summed E-state index contributed by atoms with van der Waals surface area (Å²) in [5.41, 5.74) is 2.48. The Hall–Kier alpha value is -1.43. The largest absolute Gasteiger partial charge is 0.344 e. The zero-order chi connectivity index (χ0) is 10.8. The number of hydrogen-bond acceptors (Lipinski definition) is 4. The minimum Gasteiger partial charge on any atom is -0.344 e. The van der Waals surface area contributed by atoms with Crippen LogP contribution in [0.1, 0.15) is 18.5 Å². The number of aromatic nitrogens is 1. The molecule has 2 rings (SSSR count). The number of aryl methyl sites for hydroxylation is 1. The monoisotopic (exact) mass is 225 g/mol. The van der Waals surface area contributed by atoms with Crippen molar-refractivity contribution in [2.75, 3.05) is 5.32 Å². The Morgan fingerprint density at radius 2 is 2.53 bits per heavy atom. The van der Waals surface area contributed by atoms with Crippen molar-refractivity contribution in [1.29, 1.82) is 0 Å². The number of anilines is 1. The molecule has 2 amide bonds. The summed E-state index contributed by atoms with van der Waals surface area (Å²) in [6, 6.07) is -0.390. The van der Waals surface area contributed by atoms with Crippen LogP contribution in [-0.4, -0.2) is 22.8 Å². The van der Waals surface area contributed by atoms with E-state index in [1.807, 2.05) is 6.92 Å². The second-order valence-corrected chi connectivity index (χ2v) is 4.27. The van der Waals surface area contributed by atoms with Crippen LogP contribution < -0.4 is 10.6 Å². The Balaban J connectivity index is 1.98. The van der Waals surface area contributed by atoms with Gasteiger partial charge in [0.1, 0.15) is 11.0 Å². The third kappa shape index (κ3) is 2.15. The zero-order valence-corrected chi connectivity index (χ0v) is 9.06. The first-order chi connectivity index (χ1) is 7.16. The average molecular weight is 225 g/mol. The molecule has 1 aromatic rings. The van der Waals surface area contributed by atoms with Gasteiger partial charge in [-0.05, 0) is 13.3 Å². The van der Waals surface area contributed by atoms with Crippen LogP contribution in [0, 0.1) is 6.92 Å². The Morgan fingerprint density at radius 1 is 1.73 bits per heavy atom. The highest BCUT2D eigenvalue weighted by atomic mass is 32.1. The second kappa shape index (κ2) is 3.98. The topological polar surface area (TPSA) is 71.1 Å². The van der Waals surface area contributed by atoms with Gasteiger partial charge in [0.25, 0.3) is 0 Å². The maximum Gasteiger partial charge on any atom is 0.247 e. The zero-order valence-electron chi connectivity index (χ0n) is 8.24. The van der Waals surface area contributed by atoms with Gasteiger partial charge in [0, 0.05) is 6.42 Å². The van der Waals surface area contributed by atoms with Crippen LogP contribution in [0.5, 0.6) is 0 Å². The van der Waals surface area contributed by atoms with Gasteiger partial charge in [0.2, 0.25) is 11.8 Å². The quantitative estimate of drug-likeness (QED) is 0.777. The molecule has 1 aromatic heterocycles. The highest BCUT2D eigenvalue weighted by molar-refractivity contribution is 7.14. The van der Waals surface area contributed by atoms with Crippen molar-refractivity contribution in [1.82, 2.24) is 10.3 Å². The lowest BCUT2D eigenvalue weighted by Gasteiger charge is -2.09. The number of thiazole rings is 1. The summed E-state index contributed by atoms with van der Waals surface area (Å²) in [6.45, 7) is 1.83. The third-order valence-corrected chi connectivity index (χ3v) is 3.14. The smallest absolute Gasteiger partial charge is 0.247 e. The Bertz CT molecular complexity index is 402. The number of rotatable bonds is 2. The molecule has 0 spiro atoms. The van der Waals surface area contributed by atoms with E-state index in [2.05, 4.69) is 15.6 Å². The maximum atomic E-state index is 11.7. The summed E-state index contributed by atoms with van der Waals surface area (Å²) < 4.78 is 0. The van der Waals surface area contributed by atoms with E-state index in [1.54, 1.807) is 5.51 Å². The molecule has 2 heterocycles. The van der Waals surface area contributed by atoms with E-state index in [0.717, 1.165) is 10.7 Å². The lowest BCUT2D eigenvalue weighted by molar-refractivity contribution is -0.122. The van der Waals surface area contributed by atoms with Crippen molar-refractivity contribution < 1.29 is 9.59 Å². The second-order valence-electron chi connectivity index (χ2n) is 3.41. The number of nitrogens with one attached hydrogen (secondary N) is 2. The summed E-state index contributed by atoms with van der Waals surface area (Å²) in [5, 5.41) is 6.12. The van der Waals surface area contributed by atoms with E-state index >= 15 is 0 Å². The fourth-order valence-electron chi connectivity index (χ4n) is 1.43. The molecule has 1 unspecified atom stereocenters. The van der Waals surface area contributed by atoms with E-state index in [0.29, 0.717) is 12.8 Å². The number of hydrogen-bond donors (Lipinski definition) is 2. The molecule has 6 heteroatoms. The number of nitrogens with zero attached hydrogens (tertiary/aromatic N) is 1. The molecule has 2 N–H and O–H groups in total. The standard InChI is InChI=1S/C9H11N3O2S/c1-5-9(15-4-10-5)12-8(14)6-2-3-7(13)11-6/h4,6H,2-3H2,1H3,(H,11,13)(H,12,14). The normalized spacial score (nSPS) is 20.1. The van der Waals surface area contributed by atoms with Gasteiger partial charge >= 0.3 is 0 Å². The van der Waals surface area contributed by atoms with E-state index in [4.69, 9.17) is 0 Å². The first-order valence-electron chi connectivity index (χ1n) is 4.67. The fraction of sp³-hybridized carbons (Fsp3) is 0.444. The molecule has 1 saturated heterocycles. The minimum absolute atomic E-state index is 0.0591. The van der Waals surface area contributed by atoms with Gasteiger partial charge in [-0.1, -0.05) is 0 Å². The predicted octanol–water partition coefficient (Wildman–Crippen LogP) is 0.669. The van der Waals surface area contributed by atoms with Gasteiger partial charge in [0.05, 0.1) is 11.2 Å². The molecule has 0 aromatic carbocycles. The van der Waals surface area contributed by atoms with Crippen molar-refractivity contribution >= 4 is 28.2 Å². The molecule has 80 valence electrons. The van der Waals surface area contributed by atoms with E-state index in [1.165, 1.54) is 11.3 Å². The molecule has 15 heavy (non-hydrogen) atoms. The lowest BCUT2D eigenvalue weighted by atomic mass is 10.2. The Morgan fingerprint density at radius 3 is 3.07 bits per heavy atom. The van der Waals surface area contributed by atoms with E-state index in [-0.39, 0.29) is 17.9 Å². The molecule has 0 bridgehead atoms. The van der Waals surface area contributed by atoms with Crippen molar-refractivity contribution in [2.45, 2.75) is 25.8 Å². The first kappa shape index (κ1) is 10.1. The van der Waals surface area contributed by atoms with E-state index < -0.39 is 0 Å². The van der Waals surface area contributed by atoms with Gasteiger partial charge < -0.3 is 10.6 Å². The summed E-state index contributed by atoms with van der Waals surface area (Å²) in [5.74, 6) is -0.218. The highest BCUT2D eigenvalue weighted by Crippen LogP contribution is 2.19. The van der Waals surface area contributed by atoms with Gasteiger partial charge in [-0.15, -0.1) is 11.3 Å². The first-order valence-corrected chi connectivity index (χ1v) is 5.55. The van der Waals surface area contributed by atoms with Crippen LogP contribution in [0.3, 0.4) is 0 Å². The maximum absolute atomic E-state index is 11.7. The predicted molar refractivity (Wildman–Crippen MR) is 56.6 cm³/mol. The molecule has 1 aliphatic rings. The number of carbonyl (C=O) groups excluding carboxylic acids is 2. The fourth-order valence-corrected chi connectivity index (χ4v) is 2.13. The molecule has 0 aliphatic carbocycles. The third-order valence-electron chi connectivity index (χ3n) is 2.29. The molecular weight excluding hydrogens is 214 g/mol. The van der Waals surface area contributed by atoms with Crippen LogP contribution >= 0.6 is 11.3 Å². The van der Waals surface area contributed by atoms with Crippen LogP contribution in [0.15, 0.2) is 5.51 Å². The van der Waals surface area contributed by atoms with Crippen LogP contribution in [0.2, 0.25) is 0 Å². The molecular formula is C9H11N3O2S. The minimum atomic E-state index is -0.390. The van der Waals surface area contributed by atoms with E-state index in [9.17, 15) is 9.59 Å². The lowest BCUT2D eigenvalue weighted by Crippen LogP contribution is -2.37. The SMILES string of the molecule is Cc1ncsc1NC(=O)C1CCC(=O)N1. The molecule has 1 fully saturated rings. The Labute approximate surface area is 90.9 Å². The van der Waals surface area contributed by atoms with Gasteiger partial charge in [0.15, 0.2) is 0 Å². The Kier molecular flexibility index (Phi) is 2.68. The van der Waals surface area contributed by atoms with Gasteiger partial charge in [-0.3, -0.25) is 9.59 Å². The molecule has 1 aliphatic heterocycles. The number of carbonyl (C=O) groups is 2.